The molecule has 0 atom stereocenters. The first kappa shape index (κ1) is 12.9. The number of carbonyl (C=O) groups is 1. The summed E-state index contributed by atoms with van der Waals surface area (Å²) in [6.07, 6.45) is 0. The van der Waals surface area contributed by atoms with Crippen LogP contribution in [-0.2, 0) is 0 Å². The monoisotopic (exact) mass is 422 g/mol. The average molecular weight is 425 g/mol. The Labute approximate surface area is 123 Å². The van der Waals surface area contributed by atoms with Crippen molar-refractivity contribution in [2.24, 2.45) is 0 Å². The Morgan fingerprint density at radius 1 is 1.12 bits per heavy atom. The lowest BCUT2D eigenvalue weighted by atomic mass is 10.3. The molecule has 0 aliphatic carbocycles. The Bertz CT molecular complexity index is 563. The third-order valence-electron chi connectivity index (χ3n) is 1.87. The molecule has 1 aromatic carbocycles. The van der Waals surface area contributed by atoms with Crippen LogP contribution in [0.4, 0.5) is 0 Å². The average Bonchev–Trinajstić information content (AvgIpc) is 2.69. The molecule has 1 heterocycles. The molecule has 0 radical (unpaired) electrons. The zero-order valence-electron chi connectivity index (χ0n) is 8.25. The number of furan rings is 1. The van der Waals surface area contributed by atoms with Crippen LogP contribution in [0, 0.1) is 0 Å². The van der Waals surface area contributed by atoms with Crippen molar-refractivity contribution in [1.82, 2.24) is 0 Å². The molecule has 0 aliphatic rings. The van der Waals surface area contributed by atoms with Crippen LogP contribution in [-0.4, -0.2) is 5.97 Å². The molecule has 2 rings (SSSR count). The summed E-state index contributed by atoms with van der Waals surface area (Å²) in [6.45, 7) is 0. The van der Waals surface area contributed by atoms with E-state index >= 15 is 0 Å². The molecule has 0 saturated carbocycles. The van der Waals surface area contributed by atoms with E-state index in [0.717, 1.165) is 4.47 Å². The standard InChI is InChI=1S/C11H5Br3O3/c12-6-1-2-8(7(13)5-6)17-11(15)9-3-4-10(14)16-9/h1-5H. The normalized spacial score (nSPS) is 10.3. The van der Waals surface area contributed by atoms with Crippen molar-refractivity contribution >= 4 is 53.8 Å². The molecule has 0 unspecified atom stereocenters. The minimum atomic E-state index is -0.543. The van der Waals surface area contributed by atoms with Crippen molar-refractivity contribution in [2.45, 2.75) is 0 Å². The minimum absolute atomic E-state index is 0.145. The maximum atomic E-state index is 11.7. The van der Waals surface area contributed by atoms with Gasteiger partial charge in [-0.25, -0.2) is 4.79 Å². The molecule has 0 amide bonds. The SMILES string of the molecule is O=C(Oc1ccc(Br)cc1Br)c1ccc(Br)o1. The molecule has 0 spiro atoms. The van der Waals surface area contributed by atoms with E-state index in [0.29, 0.717) is 14.9 Å². The van der Waals surface area contributed by atoms with Gasteiger partial charge in [0.1, 0.15) is 5.75 Å². The quantitative estimate of drug-likeness (QED) is 0.514. The van der Waals surface area contributed by atoms with Gasteiger partial charge < -0.3 is 9.15 Å². The number of carbonyl (C=O) groups excluding carboxylic acids is 1. The van der Waals surface area contributed by atoms with Crippen LogP contribution < -0.4 is 4.74 Å². The zero-order chi connectivity index (χ0) is 12.4. The van der Waals surface area contributed by atoms with Gasteiger partial charge in [0, 0.05) is 4.47 Å². The van der Waals surface area contributed by atoms with Crippen LogP contribution in [0.1, 0.15) is 10.6 Å². The Morgan fingerprint density at radius 2 is 1.88 bits per heavy atom. The number of hydrogen-bond acceptors (Lipinski definition) is 3. The fourth-order valence-corrected chi connectivity index (χ4v) is 2.57. The van der Waals surface area contributed by atoms with E-state index in [-0.39, 0.29) is 5.76 Å². The number of esters is 1. The first-order valence-electron chi connectivity index (χ1n) is 4.49. The summed E-state index contributed by atoms with van der Waals surface area (Å²) >= 11 is 9.74. The summed E-state index contributed by atoms with van der Waals surface area (Å²) in [6, 6.07) is 8.43. The fraction of sp³-hybridized carbons (Fsp3) is 0. The highest BCUT2D eigenvalue weighted by Crippen LogP contribution is 2.29. The van der Waals surface area contributed by atoms with E-state index < -0.39 is 5.97 Å². The van der Waals surface area contributed by atoms with E-state index in [9.17, 15) is 4.79 Å². The predicted octanol–water partition coefficient (Wildman–Crippen LogP) is 4.79. The third kappa shape index (κ3) is 3.20. The largest absolute Gasteiger partial charge is 0.442 e. The van der Waals surface area contributed by atoms with Crippen LogP contribution >= 0.6 is 47.8 Å². The zero-order valence-corrected chi connectivity index (χ0v) is 13.0. The molecule has 6 heteroatoms. The lowest BCUT2D eigenvalue weighted by Gasteiger charge is -2.04. The highest BCUT2D eigenvalue weighted by Gasteiger charge is 2.14. The van der Waals surface area contributed by atoms with Gasteiger partial charge >= 0.3 is 5.97 Å². The molecular weight excluding hydrogens is 420 g/mol. The molecule has 0 saturated heterocycles. The van der Waals surface area contributed by atoms with Gasteiger partial charge in [-0.15, -0.1) is 0 Å². The number of ether oxygens (including phenoxy) is 1. The molecule has 2 aromatic rings. The smallest absolute Gasteiger partial charge is 0.379 e. The number of hydrogen-bond donors (Lipinski definition) is 0. The Kier molecular flexibility index (Phi) is 4.06. The van der Waals surface area contributed by atoms with E-state index in [1.54, 1.807) is 30.3 Å². The van der Waals surface area contributed by atoms with Crippen LogP contribution in [0.3, 0.4) is 0 Å². The summed E-state index contributed by atoms with van der Waals surface area (Å²) in [5.74, 6) is 0.0381. The number of rotatable bonds is 2. The third-order valence-corrected chi connectivity index (χ3v) is 3.41. The fourth-order valence-electron chi connectivity index (χ4n) is 1.13. The highest BCUT2D eigenvalue weighted by molar-refractivity contribution is 9.11. The lowest BCUT2D eigenvalue weighted by molar-refractivity contribution is 0.0698. The number of benzene rings is 1. The summed E-state index contributed by atoms with van der Waals surface area (Å²) in [5, 5.41) is 0. The van der Waals surface area contributed by atoms with Gasteiger partial charge in [-0.3, -0.25) is 0 Å². The second kappa shape index (κ2) is 5.37. The van der Waals surface area contributed by atoms with Crippen LogP contribution in [0.5, 0.6) is 5.75 Å². The van der Waals surface area contributed by atoms with Crippen LogP contribution in [0.15, 0.2) is 48.4 Å². The van der Waals surface area contributed by atoms with Gasteiger partial charge in [-0.05, 0) is 62.2 Å². The Balaban J connectivity index is 2.18. The second-order valence-electron chi connectivity index (χ2n) is 3.07. The minimum Gasteiger partial charge on any atom is -0.442 e. The van der Waals surface area contributed by atoms with Crippen LogP contribution in [0.25, 0.3) is 0 Å². The maximum absolute atomic E-state index is 11.7. The summed E-state index contributed by atoms with van der Waals surface area (Å²) in [4.78, 5) is 11.7. The molecule has 1 aromatic heterocycles. The van der Waals surface area contributed by atoms with Gasteiger partial charge in [0.05, 0.1) is 4.47 Å². The van der Waals surface area contributed by atoms with Gasteiger partial charge in [0.2, 0.25) is 5.76 Å². The van der Waals surface area contributed by atoms with Crippen molar-refractivity contribution in [1.29, 1.82) is 0 Å². The topological polar surface area (TPSA) is 39.4 Å². The Morgan fingerprint density at radius 3 is 2.47 bits per heavy atom. The summed E-state index contributed by atoms with van der Waals surface area (Å²) in [7, 11) is 0. The van der Waals surface area contributed by atoms with E-state index in [1.807, 2.05) is 0 Å². The van der Waals surface area contributed by atoms with Gasteiger partial charge in [-0.2, -0.15) is 0 Å². The predicted molar refractivity (Wildman–Crippen MR) is 73.2 cm³/mol. The van der Waals surface area contributed by atoms with Crippen LogP contribution in [0.2, 0.25) is 0 Å². The van der Waals surface area contributed by atoms with Gasteiger partial charge in [-0.1, -0.05) is 15.9 Å². The van der Waals surface area contributed by atoms with E-state index in [1.165, 1.54) is 0 Å². The van der Waals surface area contributed by atoms with Crippen molar-refractivity contribution in [3.63, 3.8) is 0 Å². The Hall–Kier alpha value is -0.590. The second-order valence-corrected chi connectivity index (χ2v) is 5.62. The first-order chi connectivity index (χ1) is 8.06. The summed E-state index contributed by atoms with van der Waals surface area (Å²) < 4.78 is 12.3. The molecular formula is C11H5Br3O3. The van der Waals surface area contributed by atoms with Crippen molar-refractivity contribution in [2.75, 3.05) is 0 Å². The first-order valence-corrected chi connectivity index (χ1v) is 6.87. The van der Waals surface area contributed by atoms with Crippen molar-refractivity contribution in [3.05, 3.63) is 49.7 Å². The van der Waals surface area contributed by atoms with E-state index in [2.05, 4.69) is 47.8 Å². The highest BCUT2D eigenvalue weighted by atomic mass is 79.9. The molecule has 0 fully saturated rings. The van der Waals surface area contributed by atoms with E-state index in [4.69, 9.17) is 9.15 Å². The van der Waals surface area contributed by atoms with Crippen molar-refractivity contribution in [3.8, 4) is 5.75 Å². The molecule has 0 aliphatic heterocycles. The summed E-state index contributed by atoms with van der Waals surface area (Å²) in [5.41, 5.74) is 0. The number of halogens is 3. The molecule has 88 valence electrons. The molecule has 0 N–H and O–H groups in total. The molecule has 0 bridgehead atoms. The lowest BCUT2D eigenvalue weighted by Crippen LogP contribution is -2.07. The molecule has 17 heavy (non-hydrogen) atoms. The van der Waals surface area contributed by atoms with Gasteiger partial charge in [0.25, 0.3) is 0 Å². The molecule has 3 nitrogen and oxygen atoms in total. The van der Waals surface area contributed by atoms with Gasteiger partial charge in [0.15, 0.2) is 4.67 Å². The maximum Gasteiger partial charge on any atom is 0.379 e. The van der Waals surface area contributed by atoms with Crippen molar-refractivity contribution < 1.29 is 13.9 Å².